The van der Waals surface area contributed by atoms with E-state index in [-0.39, 0.29) is 0 Å². The summed E-state index contributed by atoms with van der Waals surface area (Å²) in [6.07, 6.45) is 2.54. The van der Waals surface area contributed by atoms with Crippen LogP contribution >= 0.6 is 0 Å². The molecular formula is C9H10. The Labute approximate surface area is 55.5 Å². The van der Waals surface area contributed by atoms with E-state index in [2.05, 4.69) is 25.1 Å². The molecule has 0 amide bonds. The van der Waals surface area contributed by atoms with Gasteiger partial charge in [-0.2, -0.15) is 0 Å². The molecule has 0 heterocycles. The Morgan fingerprint density at radius 1 is 1.33 bits per heavy atom. The fourth-order valence-corrected chi connectivity index (χ4v) is 1.35. The van der Waals surface area contributed by atoms with Crippen LogP contribution in [0.2, 0.25) is 0 Å². The summed E-state index contributed by atoms with van der Waals surface area (Å²) < 4.78 is 0. The van der Waals surface area contributed by atoms with Gasteiger partial charge < -0.3 is 0 Å². The fraction of sp³-hybridized carbons (Fsp3) is 0.333. The summed E-state index contributed by atoms with van der Waals surface area (Å²) in [5.74, 6) is 0. The van der Waals surface area contributed by atoms with Crippen molar-refractivity contribution in [2.24, 2.45) is 0 Å². The Bertz CT molecular complexity index is 236. The van der Waals surface area contributed by atoms with Gasteiger partial charge in [0.05, 0.1) is 0 Å². The topological polar surface area (TPSA) is 0 Å². The second-order valence-electron chi connectivity index (χ2n) is 2.62. The van der Waals surface area contributed by atoms with Gasteiger partial charge in [-0.05, 0) is 23.1 Å². The summed E-state index contributed by atoms with van der Waals surface area (Å²) in [5, 5.41) is 0. The number of hydrogen-bond acceptors (Lipinski definition) is 0. The van der Waals surface area contributed by atoms with E-state index in [4.69, 9.17) is 0 Å². The Balaban J connectivity index is 2.21. The summed E-state index contributed by atoms with van der Waals surface area (Å²) in [5.41, 5.74) is 4.56. The highest BCUT2D eigenvalue weighted by Gasteiger charge is 2.14. The van der Waals surface area contributed by atoms with Gasteiger partial charge in [0.2, 0.25) is 0 Å². The maximum Gasteiger partial charge on any atom is -0.0151 e. The van der Waals surface area contributed by atoms with Crippen LogP contribution in [0.5, 0.6) is 0 Å². The lowest BCUT2D eigenvalue weighted by Crippen LogP contribution is -1.99. The molecule has 0 N–H and O–H groups in total. The molecular weight excluding hydrogens is 108 g/mol. The van der Waals surface area contributed by atoms with Crippen molar-refractivity contribution >= 4 is 0 Å². The molecule has 0 spiro atoms. The van der Waals surface area contributed by atoms with Gasteiger partial charge in [0.15, 0.2) is 0 Å². The Kier molecular flexibility index (Phi) is 0.895. The Hall–Kier alpha value is -0.780. The van der Waals surface area contributed by atoms with Crippen LogP contribution < -0.4 is 0 Å². The van der Waals surface area contributed by atoms with E-state index in [0.717, 1.165) is 0 Å². The largest absolute Gasteiger partial charge is 0.0651 e. The standard InChI is InChI=1S/C9H10/c1-2-3-7-6-8-4-5-9(7)8/h4-6H,2-3H2,1H3. The lowest BCUT2D eigenvalue weighted by Gasteiger charge is -2.20. The van der Waals surface area contributed by atoms with Gasteiger partial charge in [-0.15, -0.1) is 0 Å². The summed E-state index contributed by atoms with van der Waals surface area (Å²) >= 11 is 0. The van der Waals surface area contributed by atoms with E-state index in [1.807, 2.05) is 0 Å². The normalized spacial score (nSPS) is 11.7. The monoisotopic (exact) mass is 118 g/mol. The van der Waals surface area contributed by atoms with Crippen LogP contribution in [0.1, 0.15) is 18.9 Å². The first-order valence-electron chi connectivity index (χ1n) is 3.55. The SMILES string of the molecule is CCCc1cc2ccc1-2. The number of fused-ring (bicyclic) bond motifs is 1. The van der Waals surface area contributed by atoms with Crippen LogP contribution in [0.15, 0.2) is 18.2 Å². The highest BCUT2D eigenvalue weighted by atomic mass is 14.2. The lowest BCUT2D eigenvalue weighted by molar-refractivity contribution is 0.915. The molecule has 2 rings (SSSR count). The van der Waals surface area contributed by atoms with Crippen molar-refractivity contribution in [1.82, 2.24) is 0 Å². The van der Waals surface area contributed by atoms with Gasteiger partial charge in [-0.3, -0.25) is 0 Å². The quantitative estimate of drug-likeness (QED) is 0.568. The molecule has 0 aliphatic heterocycles. The lowest BCUT2D eigenvalue weighted by atomic mass is 9.85. The third kappa shape index (κ3) is 0.533. The average molecular weight is 118 g/mol. The Morgan fingerprint density at radius 2 is 2.22 bits per heavy atom. The molecule has 0 radical (unpaired) electrons. The molecule has 0 heteroatoms. The molecule has 0 atom stereocenters. The van der Waals surface area contributed by atoms with Crippen LogP contribution in [0.4, 0.5) is 0 Å². The second-order valence-corrected chi connectivity index (χ2v) is 2.62. The first-order valence-corrected chi connectivity index (χ1v) is 3.55. The van der Waals surface area contributed by atoms with E-state index in [1.165, 1.54) is 24.0 Å². The van der Waals surface area contributed by atoms with E-state index in [0.29, 0.717) is 0 Å². The van der Waals surface area contributed by atoms with Gasteiger partial charge in [-0.25, -0.2) is 0 Å². The molecule has 46 valence electrons. The number of aryl methyl sites for hydroxylation is 1. The molecule has 0 unspecified atom stereocenters. The average Bonchev–Trinajstić information content (AvgIpc) is 1.82. The molecule has 0 aromatic heterocycles. The number of benzene rings is 1. The van der Waals surface area contributed by atoms with Crippen LogP contribution in [0.25, 0.3) is 11.1 Å². The first-order chi connectivity index (χ1) is 4.42. The van der Waals surface area contributed by atoms with Crippen molar-refractivity contribution < 1.29 is 0 Å². The highest BCUT2D eigenvalue weighted by molar-refractivity contribution is 5.80. The molecule has 0 nitrogen and oxygen atoms in total. The molecule has 2 aliphatic carbocycles. The minimum absolute atomic E-state index is 1.27. The smallest absolute Gasteiger partial charge is 0.0151 e. The fourth-order valence-electron chi connectivity index (χ4n) is 1.35. The molecule has 0 aromatic carbocycles. The molecule has 0 saturated carbocycles. The van der Waals surface area contributed by atoms with Gasteiger partial charge in [0.1, 0.15) is 0 Å². The zero-order valence-electron chi connectivity index (χ0n) is 5.65. The zero-order valence-corrected chi connectivity index (χ0v) is 5.65. The van der Waals surface area contributed by atoms with Crippen LogP contribution in [0.3, 0.4) is 0 Å². The van der Waals surface area contributed by atoms with Gasteiger partial charge in [0, 0.05) is 0 Å². The van der Waals surface area contributed by atoms with E-state index in [1.54, 1.807) is 5.56 Å². The van der Waals surface area contributed by atoms with Crippen LogP contribution in [0, 0.1) is 0 Å². The maximum atomic E-state index is 2.29. The maximum absolute atomic E-state index is 2.29. The predicted molar refractivity (Wildman–Crippen MR) is 39.4 cm³/mol. The molecule has 0 bridgehead atoms. The molecule has 9 heavy (non-hydrogen) atoms. The van der Waals surface area contributed by atoms with Crippen molar-refractivity contribution in [2.45, 2.75) is 19.8 Å². The van der Waals surface area contributed by atoms with Crippen molar-refractivity contribution in [3.05, 3.63) is 23.8 Å². The first kappa shape index (κ1) is 5.04. The summed E-state index contributed by atoms with van der Waals surface area (Å²) in [4.78, 5) is 0. The summed E-state index contributed by atoms with van der Waals surface area (Å²) in [6.45, 7) is 2.22. The number of rotatable bonds is 2. The van der Waals surface area contributed by atoms with Crippen molar-refractivity contribution in [2.75, 3.05) is 0 Å². The van der Waals surface area contributed by atoms with Gasteiger partial charge >= 0.3 is 0 Å². The third-order valence-electron chi connectivity index (χ3n) is 1.94. The third-order valence-corrected chi connectivity index (χ3v) is 1.94. The highest BCUT2D eigenvalue weighted by Crippen LogP contribution is 2.36. The van der Waals surface area contributed by atoms with E-state index < -0.39 is 0 Å². The molecule has 2 aliphatic rings. The van der Waals surface area contributed by atoms with Crippen molar-refractivity contribution in [3.63, 3.8) is 0 Å². The minimum atomic E-state index is 1.27. The van der Waals surface area contributed by atoms with Gasteiger partial charge in [-0.1, -0.05) is 31.5 Å². The van der Waals surface area contributed by atoms with Crippen molar-refractivity contribution in [3.8, 4) is 11.1 Å². The summed E-state index contributed by atoms with van der Waals surface area (Å²) in [6, 6.07) is 6.67. The van der Waals surface area contributed by atoms with E-state index >= 15 is 0 Å². The molecule has 0 aromatic rings. The van der Waals surface area contributed by atoms with E-state index in [9.17, 15) is 0 Å². The number of hydrogen-bond donors (Lipinski definition) is 0. The second kappa shape index (κ2) is 1.60. The Morgan fingerprint density at radius 3 is 2.56 bits per heavy atom. The zero-order chi connectivity index (χ0) is 6.27. The minimum Gasteiger partial charge on any atom is -0.0651 e. The van der Waals surface area contributed by atoms with Crippen LogP contribution in [-0.4, -0.2) is 0 Å². The summed E-state index contributed by atoms with van der Waals surface area (Å²) in [7, 11) is 0. The van der Waals surface area contributed by atoms with Crippen LogP contribution in [-0.2, 0) is 6.42 Å². The molecule has 0 saturated heterocycles. The predicted octanol–water partition coefficient (Wildman–Crippen LogP) is 2.62. The van der Waals surface area contributed by atoms with Crippen molar-refractivity contribution in [1.29, 1.82) is 0 Å². The molecule has 0 fully saturated rings. The van der Waals surface area contributed by atoms with Gasteiger partial charge in [0.25, 0.3) is 0 Å².